The van der Waals surface area contributed by atoms with E-state index in [1.54, 1.807) is 0 Å². The number of ether oxygens (including phenoxy) is 12. The second-order valence-electron chi connectivity index (χ2n) is 20.9. The number of hydrogen-bond donors (Lipinski definition) is 19. The van der Waals surface area contributed by atoms with Crippen molar-refractivity contribution in [2.45, 2.75) is 255 Å². The van der Waals surface area contributed by atoms with Crippen LogP contribution in [0.3, 0.4) is 0 Å². The molecule has 0 aromatic carbocycles. The molecule has 6 aliphatic rings. The summed E-state index contributed by atoms with van der Waals surface area (Å²) < 4.78 is 68.7. The largest absolute Gasteiger partial charge is 0.394 e. The van der Waals surface area contributed by atoms with Gasteiger partial charge < -0.3 is 154 Å². The molecule has 0 spiro atoms. The van der Waals surface area contributed by atoms with Gasteiger partial charge in [-0.25, -0.2) is 0 Å². The molecular formula is C48H86O31. The molecule has 31 nitrogen and oxygen atoms in total. The molecule has 0 unspecified atom stereocenters. The molecule has 0 aromatic heterocycles. The fourth-order valence-electron chi connectivity index (χ4n) is 10.2. The maximum Gasteiger partial charge on any atom is 0.187 e. The Bertz CT molecular complexity index is 1710. The van der Waals surface area contributed by atoms with Crippen LogP contribution >= 0.6 is 0 Å². The Hall–Kier alpha value is -1.24. The maximum absolute atomic E-state index is 11.9. The molecule has 19 N–H and O–H groups in total. The summed E-state index contributed by atoms with van der Waals surface area (Å²) in [6.45, 7) is -2.94. The summed E-state index contributed by atoms with van der Waals surface area (Å²) >= 11 is 0. The minimum absolute atomic E-state index is 0.0344. The highest BCUT2D eigenvalue weighted by atomic mass is 16.8. The van der Waals surface area contributed by atoms with Crippen LogP contribution in [0.15, 0.2) is 0 Å². The SMILES string of the molecule is CCCCCCCCCCCCO[C@@H]1O[C@H](CO[C@@H]2O[C@H](CO)[C@@H](O)[C@H](O)[C@H]2O)[C@@H](O)[C@H](O[C@@H]2O[C@H](CO)[C@@H](O)[C@H](O[C@H]3O[C@H](CO[C@@H]4O[C@H](CO)[C@@H](O)[C@H](O)[C@H]4O)[C@@H](O)[C@H](O[C@@H]4O[C@H](CO)[C@@H](O)[C@H](O)[C@H]4O)[C@H]3O)[C@H]2O)[C@H]1O. The lowest BCUT2D eigenvalue weighted by Gasteiger charge is -2.49. The second-order valence-corrected chi connectivity index (χ2v) is 20.9. The normalized spacial score (nSPS) is 47.1. The smallest absolute Gasteiger partial charge is 0.187 e. The fourth-order valence-corrected chi connectivity index (χ4v) is 10.2. The topological polar surface area (TPSA) is 495 Å². The summed E-state index contributed by atoms with van der Waals surface area (Å²) in [5.74, 6) is 0. The molecule has 6 fully saturated rings. The van der Waals surface area contributed by atoms with E-state index in [1.165, 1.54) is 12.8 Å². The van der Waals surface area contributed by atoms with Crippen LogP contribution in [-0.4, -0.2) is 328 Å². The molecule has 6 rings (SSSR count). The van der Waals surface area contributed by atoms with Crippen LogP contribution in [0.1, 0.15) is 71.1 Å². The quantitative estimate of drug-likeness (QED) is 0.0324. The Labute approximate surface area is 454 Å². The number of unbranched alkanes of at least 4 members (excludes halogenated alkanes) is 9. The second kappa shape index (κ2) is 31.8. The van der Waals surface area contributed by atoms with Gasteiger partial charge in [-0.05, 0) is 6.42 Å². The van der Waals surface area contributed by atoms with Crippen molar-refractivity contribution in [1.29, 1.82) is 0 Å². The molecule has 0 saturated carbocycles. The Kier molecular flexibility index (Phi) is 26.9. The van der Waals surface area contributed by atoms with Gasteiger partial charge in [0.25, 0.3) is 0 Å². The van der Waals surface area contributed by atoms with Crippen molar-refractivity contribution in [3.8, 4) is 0 Å². The van der Waals surface area contributed by atoms with E-state index in [9.17, 15) is 97.0 Å². The van der Waals surface area contributed by atoms with E-state index in [1.807, 2.05) is 0 Å². The van der Waals surface area contributed by atoms with Crippen LogP contribution in [0.2, 0.25) is 0 Å². The summed E-state index contributed by atoms with van der Waals surface area (Å²) in [5.41, 5.74) is 0. The van der Waals surface area contributed by atoms with E-state index in [2.05, 4.69) is 6.92 Å². The first-order chi connectivity index (χ1) is 37.7. The molecule has 0 amide bonds. The third-order valence-electron chi connectivity index (χ3n) is 15.2. The Morgan fingerprint density at radius 1 is 0.266 bits per heavy atom. The van der Waals surface area contributed by atoms with Crippen LogP contribution in [0.5, 0.6) is 0 Å². The van der Waals surface area contributed by atoms with Gasteiger partial charge in [-0.3, -0.25) is 0 Å². The summed E-state index contributed by atoms with van der Waals surface area (Å²) in [7, 11) is 0. The van der Waals surface area contributed by atoms with Gasteiger partial charge in [0.15, 0.2) is 37.7 Å². The van der Waals surface area contributed by atoms with Crippen molar-refractivity contribution in [3.63, 3.8) is 0 Å². The van der Waals surface area contributed by atoms with Crippen LogP contribution in [-0.2, 0) is 56.8 Å². The molecule has 30 atom stereocenters. The van der Waals surface area contributed by atoms with Gasteiger partial charge in [-0.15, -0.1) is 0 Å². The van der Waals surface area contributed by atoms with Crippen molar-refractivity contribution in [1.82, 2.24) is 0 Å². The molecule has 79 heavy (non-hydrogen) atoms. The monoisotopic (exact) mass is 1160 g/mol. The molecule has 6 aliphatic heterocycles. The highest BCUT2D eigenvalue weighted by Gasteiger charge is 2.57. The lowest BCUT2D eigenvalue weighted by molar-refractivity contribution is -0.394. The van der Waals surface area contributed by atoms with E-state index < -0.39 is 224 Å². The third-order valence-corrected chi connectivity index (χ3v) is 15.2. The van der Waals surface area contributed by atoms with E-state index in [0.29, 0.717) is 6.42 Å². The van der Waals surface area contributed by atoms with E-state index in [0.717, 1.165) is 44.9 Å². The molecule has 0 aromatic rings. The minimum Gasteiger partial charge on any atom is -0.394 e. The summed E-state index contributed by atoms with van der Waals surface area (Å²) in [5, 5.41) is 204. The van der Waals surface area contributed by atoms with Crippen LogP contribution < -0.4 is 0 Å². The van der Waals surface area contributed by atoms with E-state index in [-0.39, 0.29) is 6.61 Å². The minimum atomic E-state index is -2.25. The predicted octanol–water partition coefficient (Wildman–Crippen LogP) is -9.16. The van der Waals surface area contributed by atoms with Gasteiger partial charge in [0.2, 0.25) is 0 Å². The Morgan fingerprint density at radius 2 is 0.532 bits per heavy atom. The van der Waals surface area contributed by atoms with Gasteiger partial charge in [-0.1, -0.05) is 64.7 Å². The Balaban J connectivity index is 1.20. The van der Waals surface area contributed by atoms with Gasteiger partial charge in [-0.2, -0.15) is 0 Å². The van der Waals surface area contributed by atoms with Gasteiger partial charge in [0, 0.05) is 6.61 Å². The summed E-state index contributed by atoms with van der Waals surface area (Å²) in [6.07, 6.45) is -46.2. The first-order valence-corrected chi connectivity index (χ1v) is 27.1. The van der Waals surface area contributed by atoms with Crippen molar-refractivity contribution >= 4 is 0 Å². The molecule has 0 bridgehead atoms. The zero-order chi connectivity index (χ0) is 57.8. The fraction of sp³-hybridized carbons (Fsp3) is 1.00. The highest BCUT2D eigenvalue weighted by Crippen LogP contribution is 2.36. The average molecular weight is 1160 g/mol. The zero-order valence-corrected chi connectivity index (χ0v) is 43.7. The standard InChI is InChI=1S/C48H86O31/c1-2-3-4-5-6-7-8-9-10-11-12-68-45-37(65)41(29(57)23(75-45)17-69-43-34(62)31(59)25(53)19(13-49)71-43)79-47-38(66)40(28(56)22(16-52)74-47)78-48-39(67)42(77-46-36(64)33(61)27(55)21(15-51)73-46)30(58)24(76-48)18-70-44-35(63)32(60)26(54)20(14-50)72-44/h19-67H,2-18H2,1H3/t19-,20-,21-,22-,23-,24-,25-,26-,27-,28-,29-,30-,31+,32+,33+,34-,35-,36-,37-,38-,39-,40+,41+,42+,43-,44-,45-,46+,47+,48-/m1/s1. The number of aliphatic hydroxyl groups excluding tert-OH is 19. The zero-order valence-electron chi connectivity index (χ0n) is 43.7. The summed E-state index contributed by atoms with van der Waals surface area (Å²) in [4.78, 5) is 0. The van der Waals surface area contributed by atoms with E-state index in [4.69, 9.17) is 56.8 Å². The van der Waals surface area contributed by atoms with Crippen LogP contribution in [0, 0.1) is 0 Å². The lowest BCUT2D eigenvalue weighted by Crippen LogP contribution is -2.68. The average Bonchev–Trinajstić information content (AvgIpc) is 3.52. The van der Waals surface area contributed by atoms with Crippen molar-refractivity contribution in [3.05, 3.63) is 0 Å². The van der Waals surface area contributed by atoms with E-state index >= 15 is 0 Å². The first kappa shape index (κ1) is 66.9. The molecule has 31 heteroatoms. The molecule has 464 valence electrons. The Morgan fingerprint density at radius 3 is 0.911 bits per heavy atom. The van der Waals surface area contributed by atoms with Crippen LogP contribution in [0.25, 0.3) is 0 Å². The van der Waals surface area contributed by atoms with Crippen molar-refractivity contribution in [2.75, 3.05) is 46.2 Å². The van der Waals surface area contributed by atoms with Gasteiger partial charge >= 0.3 is 0 Å². The maximum atomic E-state index is 11.9. The molecule has 6 saturated heterocycles. The lowest BCUT2D eigenvalue weighted by atomic mass is 9.95. The summed E-state index contributed by atoms with van der Waals surface area (Å²) in [6, 6.07) is 0. The molecule has 0 aliphatic carbocycles. The van der Waals surface area contributed by atoms with Crippen molar-refractivity contribution in [2.24, 2.45) is 0 Å². The highest BCUT2D eigenvalue weighted by molar-refractivity contribution is 4.99. The van der Waals surface area contributed by atoms with Crippen molar-refractivity contribution < 1.29 is 154 Å². The number of aliphatic hydroxyl groups is 19. The number of hydrogen-bond acceptors (Lipinski definition) is 31. The molecular weight excluding hydrogens is 1070 g/mol. The molecule has 6 heterocycles. The van der Waals surface area contributed by atoms with Gasteiger partial charge in [0.05, 0.1) is 39.6 Å². The van der Waals surface area contributed by atoms with Gasteiger partial charge in [0.1, 0.15) is 146 Å². The van der Waals surface area contributed by atoms with Crippen LogP contribution in [0.4, 0.5) is 0 Å². The molecule has 0 radical (unpaired) electrons. The first-order valence-electron chi connectivity index (χ1n) is 27.1. The number of rotatable bonds is 28. The third kappa shape index (κ3) is 16.4. The predicted molar refractivity (Wildman–Crippen MR) is 255 cm³/mol.